The molecule has 0 fully saturated rings. The predicted octanol–water partition coefficient (Wildman–Crippen LogP) is 2.63. The molecule has 2 N–H and O–H groups in total. The Balaban J connectivity index is 2.13. The van der Waals surface area contributed by atoms with E-state index in [0.29, 0.717) is 11.5 Å². The zero-order valence-electron chi connectivity index (χ0n) is 13.4. The van der Waals surface area contributed by atoms with Gasteiger partial charge in [-0.15, -0.1) is 0 Å². The van der Waals surface area contributed by atoms with Crippen molar-refractivity contribution in [1.29, 1.82) is 0 Å². The van der Waals surface area contributed by atoms with E-state index >= 15 is 0 Å². The lowest BCUT2D eigenvalue weighted by molar-refractivity contribution is -0.136. The Morgan fingerprint density at radius 2 is 1.25 bits per heavy atom. The minimum Gasteiger partial charge on any atom is -0.508 e. The van der Waals surface area contributed by atoms with Crippen LogP contribution in [0.2, 0.25) is 0 Å². The van der Waals surface area contributed by atoms with Gasteiger partial charge in [0.15, 0.2) is 0 Å². The van der Waals surface area contributed by atoms with Crippen molar-refractivity contribution in [3.63, 3.8) is 0 Å². The van der Waals surface area contributed by atoms with Gasteiger partial charge >= 0.3 is 11.9 Å². The van der Waals surface area contributed by atoms with Crippen LogP contribution in [0.4, 0.5) is 0 Å². The maximum absolute atomic E-state index is 12.0. The highest BCUT2D eigenvalue weighted by molar-refractivity contribution is 6.00. The molecule has 0 bridgehead atoms. The summed E-state index contributed by atoms with van der Waals surface area (Å²) >= 11 is 0. The average molecular weight is 330 g/mol. The summed E-state index contributed by atoms with van der Waals surface area (Å²) in [5, 5.41) is 20.1. The van der Waals surface area contributed by atoms with Crippen molar-refractivity contribution in [3.05, 3.63) is 58.1 Å². The Morgan fingerprint density at radius 1 is 0.833 bits per heavy atom. The average Bonchev–Trinajstić information content (AvgIpc) is 3.05. The zero-order chi connectivity index (χ0) is 17.4. The number of aliphatic hydroxyl groups is 2. The second-order valence-corrected chi connectivity index (χ2v) is 6.13. The van der Waals surface area contributed by atoms with Crippen molar-refractivity contribution < 1.29 is 29.3 Å². The Hall–Kier alpha value is -2.76. The van der Waals surface area contributed by atoms with Gasteiger partial charge in [0, 0.05) is 0 Å². The molecule has 0 amide bonds. The molecule has 2 aliphatic rings. The lowest BCUT2D eigenvalue weighted by Gasteiger charge is -2.18. The van der Waals surface area contributed by atoms with Crippen molar-refractivity contribution in [2.75, 3.05) is 13.2 Å². The van der Waals surface area contributed by atoms with Crippen LogP contribution in [0.25, 0.3) is 0 Å². The summed E-state index contributed by atoms with van der Waals surface area (Å²) < 4.78 is 9.71. The molecule has 0 aliphatic carbocycles. The molecule has 0 radical (unpaired) electrons. The fourth-order valence-electron chi connectivity index (χ4n) is 2.93. The lowest BCUT2D eigenvalue weighted by Crippen LogP contribution is -2.17. The Kier molecular flexibility index (Phi) is 4.05. The van der Waals surface area contributed by atoms with E-state index in [2.05, 4.69) is 13.8 Å². The number of hydrogen-bond donors (Lipinski definition) is 2. The topological polar surface area (TPSA) is 93.1 Å². The number of rotatable bonds is 4. The first kappa shape index (κ1) is 16.1. The van der Waals surface area contributed by atoms with Crippen LogP contribution in [0.15, 0.2) is 46.9 Å². The molecule has 0 atom stereocenters. The van der Waals surface area contributed by atoms with E-state index in [9.17, 15) is 19.8 Å². The first-order chi connectivity index (χ1) is 11.4. The lowest BCUT2D eigenvalue weighted by atomic mass is 9.83. The van der Waals surface area contributed by atoms with Crippen molar-refractivity contribution in [1.82, 2.24) is 0 Å². The largest absolute Gasteiger partial charge is 0.508 e. The van der Waals surface area contributed by atoms with E-state index < -0.39 is 17.9 Å². The van der Waals surface area contributed by atoms with Crippen LogP contribution in [-0.2, 0) is 19.1 Å². The van der Waals surface area contributed by atoms with Crippen molar-refractivity contribution >= 4 is 11.9 Å². The minimum atomic E-state index is -0.920. The number of carbonyl (C=O) groups is 2. The van der Waals surface area contributed by atoms with Gasteiger partial charge in [0.1, 0.15) is 24.7 Å². The van der Waals surface area contributed by atoms with E-state index in [-0.39, 0.29) is 35.9 Å². The van der Waals surface area contributed by atoms with Crippen LogP contribution in [0.3, 0.4) is 0 Å². The number of benzene rings is 1. The molecule has 0 aromatic heterocycles. The van der Waals surface area contributed by atoms with Crippen LogP contribution in [-0.4, -0.2) is 35.4 Å². The van der Waals surface area contributed by atoms with E-state index in [1.165, 1.54) is 0 Å². The Labute approximate surface area is 139 Å². The molecule has 0 saturated carbocycles. The number of aliphatic hydroxyl groups excluding tert-OH is 2. The molecular formula is C18H18O6. The fourth-order valence-corrected chi connectivity index (χ4v) is 2.93. The molecule has 0 saturated heterocycles. The SMILES string of the molecule is CC(C)c1ccc(C(C2=C(O)COC2=O)C2=C(O)COC2=O)cc1. The number of esters is 2. The molecular weight excluding hydrogens is 312 g/mol. The minimum absolute atomic E-state index is 0.0345. The maximum Gasteiger partial charge on any atom is 0.338 e. The summed E-state index contributed by atoms with van der Waals surface area (Å²) in [4.78, 5) is 24.1. The quantitative estimate of drug-likeness (QED) is 0.824. The van der Waals surface area contributed by atoms with Crippen molar-refractivity contribution in [2.45, 2.75) is 25.7 Å². The van der Waals surface area contributed by atoms with Gasteiger partial charge in [0.05, 0.1) is 17.1 Å². The van der Waals surface area contributed by atoms with E-state index in [0.717, 1.165) is 5.56 Å². The molecule has 6 heteroatoms. The molecule has 2 aliphatic heterocycles. The molecule has 0 unspecified atom stereocenters. The highest BCUT2D eigenvalue weighted by Crippen LogP contribution is 2.40. The summed E-state index contributed by atoms with van der Waals surface area (Å²) in [6.45, 7) is 3.63. The summed E-state index contributed by atoms with van der Waals surface area (Å²) in [6, 6.07) is 7.33. The van der Waals surface area contributed by atoms with Gasteiger partial charge in [-0.3, -0.25) is 0 Å². The predicted molar refractivity (Wildman–Crippen MR) is 84.5 cm³/mol. The van der Waals surface area contributed by atoms with Gasteiger partial charge in [0.25, 0.3) is 0 Å². The third-order valence-electron chi connectivity index (χ3n) is 4.26. The van der Waals surface area contributed by atoms with Crippen molar-refractivity contribution in [2.24, 2.45) is 0 Å². The second-order valence-electron chi connectivity index (χ2n) is 6.13. The summed E-state index contributed by atoms with van der Waals surface area (Å²) in [5.74, 6) is -2.48. The van der Waals surface area contributed by atoms with Gasteiger partial charge in [-0.2, -0.15) is 0 Å². The van der Waals surface area contributed by atoms with Crippen LogP contribution < -0.4 is 0 Å². The maximum atomic E-state index is 12.0. The summed E-state index contributed by atoms with van der Waals surface area (Å²) in [5.41, 5.74) is 1.62. The molecule has 3 rings (SSSR count). The first-order valence-electron chi connectivity index (χ1n) is 7.68. The molecule has 6 nitrogen and oxygen atoms in total. The van der Waals surface area contributed by atoms with E-state index in [4.69, 9.17) is 9.47 Å². The molecule has 126 valence electrons. The summed E-state index contributed by atoms with van der Waals surface area (Å²) in [7, 11) is 0. The Morgan fingerprint density at radius 3 is 1.58 bits per heavy atom. The molecule has 1 aromatic rings. The molecule has 2 heterocycles. The van der Waals surface area contributed by atoms with Crippen molar-refractivity contribution in [3.8, 4) is 0 Å². The monoisotopic (exact) mass is 330 g/mol. The van der Waals surface area contributed by atoms with E-state index in [1.54, 1.807) is 12.1 Å². The van der Waals surface area contributed by atoms with Gasteiger partial charge in [-0.25, -0.2) is 9.59 Å². The van der Waals surface area contributed by atoms with Gasteiger partial charge in [-0.05, 0) is 17.0 Å². The third kappa shape index (κ3) is 2.64. The fraction of sp³-hybridized carbons (Fsp3) is 0.333. The van der Waals surface area contributed by atoms with Gasteiger partial charge in [-0.1, -0.05) is 38.1 Å². The standard InChI is InChI=1S/C18H18O6/c1-9(2)10-3-5-11(6-4-10)14(15-12(19)7-23-17(15)21)16-13(20)8-24-18(16)22/h3-6,9,14,19-20H,7-8H2,1-2H3. The van der Waals surface area contributed by atoms with Crippen LogP contribution in [0, 0.1) is 0 Å². The number of hydrogen-bond acceptors (Lipinski definition) is 6. The second kappa shape index (κ2) is 6.03. The molecule has 1 aromatic carbocycles. The third-order valence-corrected chi connectivity index (χ3v) is 4.26. The number of cyclic esters (lactones) is 2. The smallest absolute Gasteiger partial charge is 0.338 e. The van der Waals surface area contributed by atoms with Crippen LogP contribution in [0.1, 0.15) is 36.8 Å². The Bertz CT molecular complexity index is 714. The first-order valence-corrected chi connectivity index (χ1v) is 7.68. The van der Waals surface area contributed by atoms with Crippen LogP contribution in [0.5, 0.6) is 0 Å². The highest BCUT2D eigenvalue weighted by Gasteiger charge is 2.41. The van der Waals surface area contributed by atoms with E-state index in [1.807, 2.05) is 12.1 Å². The number of carbonyl (C=O) groups excluding carboxylic acids is 2. The number of ether oxygens (including phenoxy) is 2. The highest BCUT2D eigenvalue weighted by atomic mass is 16.6. The molecule has 0 spiro atoms. The van der Waals surface area contributed by atoms with Crippen LogP contribution >= 0.6 is 0 Å². The summed E-state index contributed by atoms with van der Waals surface area (Å²) in [6.07, 6.45) is 0. The van der Waals surface area contributed by atoms with Gasteiger partial charge < -0.3 is 19.7 Å². The van der Waals surface area contributed by atoms with Gasteiger partial charge in [0.2, 0.25) is 0 Å². The normalized spacial score (nSPS) is 18.0. The zero-order valence-corrected chi connectivity index (χ0v) is 13.4. The molecule has 24 heavy (non-hydrogen) atoms.